The molecule has 2 aromatic heterocycles. The quantitative estimate of drug-likeness (QED) is 0.732. The molecule has 0 amide bonds. The van der Waals surface area contributed by atoms with Gasteiger partial charge in [0.15, 0.2) is 5.78 Å². The maximum Gasteiger partial charge on any atom is 0.274 e. The van der Waals surface area contributed by atoms with Gasteiger partial charge in [-0.3, -0.25) is 9.59 Å². The smallest absolute Gasteiger partial charge is 0.274 e. The molecule has 1 N–H and O–H groups in total. The Bertz CT molecular complexity index is 865. The zero-order chi connectivity index (χ0) is 15.5. The van der Waals surface area contributed by atoms with Crippen LogP contribution in [-0.2, 0) is 18.1 Å². The van der Waals surface area contributed by atoms with E-state index in [4.69, 9.17) is 4.74 Å². The first-order chi connectivity index (χ1) is 10.7. The Morgan fingerprint density at radius 2 is 2.09 bits per heavy atom. The van der Waals surface area contributed by atoms with Crippen molar-refractivity contribution in [2.45, 2.75) is 20.3 Å². The number of benzene rings is 1. The number of ketones is 1. The van der Waals surface area contributed by atoms with Crippen molar-refractivity contribution in [3.63, 3.8) is 0 Å². The van der Waals surface area contributed by atoms with Gasteiger partial charge in [0.05, 0.1) is 23.7 Å². The van der Waals surface area contributed by atoms with Crippen LogP contribution in [0.25, 0.3) is 10.9 Å². The zero-order valence-corrected chi connectivity index (χ0v) is 12.1. The number of hydrogen-bond acceptors (Lipinski definition) is 4. The molecule has 0 saturated heterocycles. The Balaban J connectivity index is 1.87. The Morgan fingerprint density at radius 1 is 1.32 bits per heavy atom. The van der Waals surface area contributed by atoms with E-state index in [0.29, 0.717) is 23.1 Å². The molecule has 0 saturated carbocycles. The fourth-order valence-electron chi connectivity index (χ4n) is 2.37. The van der Waals surface area contributed by atoms with Crippen molar-refractivity contribution >= 4 is 16.7 Å². The van der Waals surface area contributed by atoms with Gasteiger partial charge in [0, 0.05) is 11.8 Å². The third-order valence-corrected chi connectivity index (χ3v) is 3.42. The average molecular weight is 297 g/mol. The highest BCUT2D eigenvalue weighted by atomic mass is 16.5. The Hall–Kier alpha value is -2.73. The van der Waals surface area contributed by atoms with Crippen molar-refractivity contribution in [2.75, 3.05) is 0 Å². The first-order valence-electron chi connectivity index (χ1n) is 6.86. The van der Waals surface area contributed by atoms with Gasteiger partial charge < -0.3 is 9.30 Å². The summed E-state index contributed by atoms with van der Waals surface area (Å²) in [5, 5.41) is 6.49. The van der Waals surface area contributed by atoms with Crippen molar-refractivity contribution in [2.24, 2.45) is 0 Å². The molecule has 0 aliphatic carbocycles. The molecule has 6 nitrogen and oxygen atoms in total. The summed E-state index contributed by atoms with van der Waals surface area (Å²) in [4.78, 5) is 23.6. The van der Waals surface area contributed by atoms with Gasteiger partial charge in [0.25, 0.3) is 5.56 Å². The lowest BCUT2D eigenvalue weighted by Crippen LogP contribution is -2.10. The van der Waals surface area contributed by atoms with Crippen molar-refractivity contribution < 1.29 is 9.53 Å². The number of Topliss-reactive ketones (excluding diaryl/α,β-unsaturated/α-hetero) is 1. The second-order valence-corrected chi connectivity index (χ2v) is 4.99. The minimum atomic E-state index is -0.371. The molecule has 22 heavy (non-hydrogen) atoms. The summed E-state index contributed by atoms with van der Waals surface area (Å²) in [5.41, 5.74) is 1.65. The van der Waals surface area contributed by atoms with Crippen LogP contribution in [0, 0.1) is 0 Å². The summed E-state index contributed by atoms with van der Waals surface area (Å²) in [7, 11) is 0. The van der Waals surface area contributed by atoms with Gasteiger partial charge >= 0.3 is 0 Å². The highest BCUT2D eigenvalue weighted by Gasteiger charge is 2.15. The van der Waals surface area contributed by atoms with Crippen LogP contribution in [0.2, 0.25) is 0 Å². The zero-order valence-electron chi connectivity index (χ0n) is 12.1. The van der Waals surface area contributed by atoms with Crippen LogP contribution in [0.4, 0.5) is 0 Å². The fraction of sp³-hybridized carbons (Fsp3) is 0.188. The molecular weight excluding hydrogens is 282 g/mol. The number of nitrogens with one attached hydrogen (secondary N) is 1. The van der Waals surface area contributed by atoms with Crippen LogP contribution in [0.3, 0.4) is 0 Å². The van der Waals surface area contributed by atoms with Crippen LogP contribution in [0.15, 0.2) is 47.5 Å². The summed E-state index contributed by atoms with van der Waals surface area (Å²) in [6, 6.07) is 9.78. The normalized spacial score (nSPS) is 11.0. The number of carbonyl (C=O) groups excluding carboxylic acids is 1. The Morgan fingerprint density at radius 3 is 2.82 bits per heavy atom. The SMILES string of the molecule is CC(=O)c1cn(COCc2ccccc2)c2cn[nH]c(=O)c12. The molecule has 0 radical (unpaired) electrons. The molecular formula is C16H15N3O3. The van der Waals surface area contributed by atoms with Gasteiger partial charge in [-0.15, -0.1) is 0 Å². The lowest BCUT2D eigenvalue weighted by atomic mass is 10.2. The monoisotopic (exact) mass is 297 g/mol. The molecule has 112 valence electrons. The molecule has 0 fully saturated rings. The molecule has 1 aromatic carbocycles. The van der Waals surface area contributed by atoms with Gasteiger partial charge in [-0.2, -0.15) is 5.10 Å². The maximum atomic E-state index is 11.9. The van der Waals surface area contributed by atoms with E-state index in [1.165, 1.54) is 13.1 Å². The first-order valence-corrected chi connectivity index (χ1v) is 6.86. The minimum Gasteiger partial charge on any atom is -0.356 e. The average Bonchev–Trinajstić information content (AvgIpc) is 2.89. The first kappa shape index (κ1) is 14.2. The number of H-pyrrole nitrogens is 1. The molecule has 6 heteroatoms. The Kier molecular flexibility index (Phi) is 3.84. The van der Waals surface area contributed by atoms with E-state index < -0.39 is 0 Å². The topological polar surface area (TPSA) is 77.0 Å². The molecule has 0 aliphatic rings. The van der Waals surface area contributed by atoms with E-state index in [2.05, 4.69) is 10.2 Å². The van der Waals surface area contributed by atoms with E-state index in [1.807, 2.05) is 30.3 Å². The molecule has 0 spiro atoms. The fourth-order valence-corrected chi connectivity index (χ4v) is 2.37. The summed E-state index contributed by atoms with van der Waals surface area (Å²) in [5.74, 6) is -0.163. The third-order valence-electron chi connectivity index (χ3n) is 3.42. The number of aromatic amines is 1. The van der Waals surface area contributed by atoms with Crippen molar-refractivity contribution in [1.29, 1.82) is 0 Å². The second-order valence-electron chi connectivity index (χ2n) is 4.99. The number of nitrogens with zero attached hydrogens (tertiary/aromatic N) is 2. The summed E-state index contributed by atoms with van der Waals surface area (Å²) < 4.78 is 7.38. The van der Waals surface area contributed by atoms with Crippen LogP contribution in [-0.4, -0.2) is 20.5 Å². The molecule has 0 aliphatic heterocycles. The predicted molar refractivity (Wildman–Crippen MR) is 81.6 cm³/mol. The predicted octanol–water partition coefficient (Wildman–Crippen LogP) is 2.10. The summed E-state index contributed by atoms with van der Waals surface area (Å²) in [6.45, 7) is 2.13. The van der Waals surface area contributed by atoms with E-state index in [0.717, 1.165) is 5.56 Å². The number of rotatable bonds is 5. The number of carbonyl (C=O) groups is 1. The Labute approximate surface area is 126 Å². The van der Waals surface area contributed by atoms with Crippen molar-refractivity contribution in [1.82, 2.24) is 14.8 Å². The lowest BCUT2D eigenvalue weighted by molar-refractivity contribution is 0.0666. The molecule has 3 rings (SSSR count). The largest absolute Gasteiger partial charge is 0.356 e. The highest BCUT2D eigenvalue weighted by molar-refractivity contribution is 6.06. The van der Waals surface area contributed by atoms with E-state index >= 15 is 0 Å². The number of aromatic nitrogens is 3. The third kappa shape index (κ3) is 2.68. The van der Waals surface area contributed by atoms with Crippen molar-refractivity contribution in [3.05, 3.63) is 64.2 Å². The minimum absolute atomic E-state index is 0.163. The number of hydrogen-bond donors (Lipinski definition) is 1. The van der Waals surface area contributed by atoms with Crippen molar-refractivity contribution in [3.8, 4) is 0 Å². The highest BCUT2D eigenvalue weighted by Crippen LogP contribution is 2.17. The summed E-state index contributed by atoms with van der Waals surface area (Å²) in [6.07, 6.45) is 3.16. The van der Waals surface area contributed by atoms with E-state index in [-0.39, 0.29) is 18.1 Å². The van der Waals surface area contributed by atoms with Gasteiger partial charge in [-0.05, 0) is 12.5 Å². The summed E-state index contributed by atoms with van der Waals surface area (Å²) >= 11 is 0. The standard InChI is InChI=1S/C16H15N3O3/c1-11(20)13-8-19(14-7-17-18-16(21)15(13)14)10-22-9-12-5-3-2-4-6-12/h2-8H,9-10H2,1H3,(H,18,21). The van der Waals surface area contributed by atoms with Crippen LogP contribution >= 0.6 is 0 Å². The number of ether oxygens (including phenoxy) is 1. The molecule has 0 bridgehead atoms. The van der Waals surface area contributed by atoms with Crippen LogP contribution in [0.1, 0.15) is 22.8 Å². The van der Waals surface area contributed by atoms with Gasteiger partial charge in [0.1, 0.15) is 6.73 Å². The molecule has 3 aromatic rings. The molecule has 0 atom stereocenters. The second kappa shape index (κ2) is 5.95. The van der Waals surface area contributed by atoms with E-state index in [9.17, 15) is 9.59 Å². The van der Waals surface area contributed by atoms with Gasteiger partial charge in [-0.25, -0.2) is 5.10 Å². The van der Waals surface area contributed by atoms with Crippen LogP contribution in [0.5, 0.6) is 0 Å². The molecule has 2 heterocycles. The van der Waals surface area contributed by atoms with Crippen LogP contribution < -0.4 is 5.56 Å². The van der Waals surface area contributed by atoms with Gasteiger partial charge in [-0.1, -0.05) is 30.3 Å². The lowest BCUT2D eigenvalue weighted by Gasteiger charge is -2.06. The maximum absolute atomic E-state index is 11.9. The molecule has 0 unspecified atom stereocenters. The van der Waals surface area contributed by atoms with Gasteiger partial charge in [0.2, 0.25) is 0 Å². The van der Waals surface area contributed by atoms with E-state index in [1.54, 1.807) is 10.8 Å². The number of fused-ring (bicyclic) bond motifs is 1.